The molecule has 1 spiro atoms. The normalized spacial score (nSPS) is 13.4. The molecule has 14 rings (SSSR count). The summed E-state index contributed by atoms with van der Waals surface area (Å²) in [5, 5.41) is 5.90. The van der Waals surface area contributed by atoms with Crippen LogP contribution in [0.25, 0.3) is 105 Å². The third-order valence-corrected chi connectivity index (χ3v) is 13.6. The molecule has 9 aromatic carbocycles. The maximum absolute atomic E-state index is 6.83. The average molecular weight is 775 g/mol. The number of rotatable bonds is 3. The number of benzene rings is 9. The number of hydrogen-bond donors (Lipinski definition) is 0. The fourth-order valence-electron chi connectivity index (χ4n) is 11.1. The van der Waals surface area contributed by atoms with Gasteiger partial charge in [0.05, 0.1) is 27.7 Å². The zero-order valence-corrected chi connectivity index (χ0v) is 32.9. The topological polar surface area (TPSA) is 31.0 Å². The minimum absolute atomic E-state index is 0.531. The van der Waals surface area contributed by atoms with Gasteiger partial charge in [-0.05, 0) is 98.6 Å². The molecule has 3 nitrogen and oxygen atoms in total. The number of pyridine rings is 1. The van der Waals surface area contributed by atoms with E-state index in [9.17, 15) is 0 Å². The maximum Gasteiger partial charge on any atom is 0.143 e. The molecule has 2 aliphatic rings. The zero-order chi connectivity index (χ0) is 39.8. The van der Waals surface area contributed by atoms with Crippen LogP contribution in [0.1, 0.15) is 22.3 Å². The van der Waals surface area contributed by atoms with E-state index < -0.39 is 5.41 Å². The second-order valence-corrected chi connectivity index (χ2v) is 16.6. The van der Waals surface area contributed by atoms with Gasteiger partial charge in [0.1, 0.15) is 11.2 Å². The zero-order valence-electron chi connectivity index (χ0n) is 32.9. The van der Waals surface area contributed by atoms with Crippen molar-refractivity contribution >= 4 is 54.6 Å². The predicted octanol–water partition coefficient (Wildman–Crippen LogP) is 14.9. The van der Waals surface area contributed by atoms with E-state index in [4.69, 9.17) is 9.40 Å². The van der Waals surface area contributed by atoms with Crippen molar-refractivity contribution in [3.8, 4) is 50.3 Å². The molecule has 0 aliphatic heterocycles. The summed E-state index contributed by atoms with van der Waals surface area (Å²) < 4.78 is 9.23. The fourth-order valence-corrected chi connectivity index (χ4v) is 11.1. The number of para-hydroxylation sites is 4. The summed E-state index contributed by atoms with van der Waals surface area (Å²) in [6.45, 7) is 0. The molecule has 12 aromatic rings. The van der Waals surface area contributed by atoms with Crippen LogP contribution in [0.4, 0.5) is 0 Å². The highest BCUT2D eigenvalue weighted by Crippen LogP contribution is 2.64. The van der Waals surface area contributed by atoms with E-state index in [1.807, 2.05) is 0 Å². The minimum Gasteiger partial charge on any atom is -0.455 e. The Kier molecular flexibility index (Phi) is 6.49. The second kappa shape index (κ2) is 12.0. The summed E-state index contributed by atoms with van der Waals surface area (Å²) in [5.41, 5.74) is 20.2. The van der Waals surface area contributed by atoms with E-state index in [-0.39, 0.29) is 0 Å². The van der Waals surface area contributed by atoms with Gasteiger partial charge in [-0.1, -0.05) is 158 Å². The van der Waals surface area contributed by atoms with Gasteiger partial charge in [0.2, 0.25) is 0 Å². The quantitative estimate of drug-likeness (QED) is 0.179. The van der Waals surface area contributed by atoms with E-state index in [1.165, 1.54) is 66.3 Å². The monoisotopic (exact) mass is 774 g/mol. The number of nitrogens with zero attached hydrogens (tertiary/aromatic N) is 2. The highest BCUT2D eigenvalue weighted by Gasteiger charge is 2.52. The lowest BCUT2D eigenvalue weighted by Crippen LogP contribution is -2.25. The molecule has 3 aromatic heterocycles. The number of aromatic nitrogens is 2. The predicted molar refractivity (Wildman–Crippen MR) is 251 cm³/mol. The van der Waals surface area contributed by atoms with E-state index in [0.29, 0.717) is 0 Å². The lowest BCUT2D eigenvalue weighted by molar-refractivity contribution is 0.669. The van der Waals surface area contributed by atoms with Crippen molar-refractivity contribution in [2.75, 3.05) is 0 Å². The van der Waals surface area contributed by atoms with Crippen LogP contribution in [0.3, 0.4) is 0 Å². The Labute approximate surface area is 351 Å². The van der Waals surface area contributed by atoms with Crippen LogP contribution in [-0.2, 0) is 5.41 Å². The van der Waals surface area contributed by atoms with Gasteiger partial charge in [0.15, 0.2) is 0 Å². The Morgan fingerprint density at radius 1 is 0.393 bits per heavy atom. The van der Waals surface area contributed by atoms with Crippen molar-refractivity contribution in [2.24, 2.45) is 0 Å². The molecular formula is C58H34N2O. The third-order valence-electron chi connectivity index (χ3n) is 13.6. The fraction of sp³-hybridized carbons (Fsp3) is 0.0172. The molecule has 2 aliphatic carbocycles. The van der Waals surface area contributed by atoms with Gasteiger partial charge in [-0.3, -0.25) is 0 Å². The molecule has 3 heterocycles. The first kappa shape index (κ1) is 32.9. The number of fused-ring (bicyclic) bond motifs is 18. The largest absolute Gasteiger partial charge is 0.455 e. The summed E-state index contributed by atoms with van der Waals surface area (Å²) in [4.78, 5) is 5.43. The summed E-state index contributed by atoms with van der Waals surface area (Å²) >= 11 is 0. The van der Waals surface area contributed by atoms with Gasteiger partial charge in [0.25, 0.3) is 0 Å². The van der Waals surface area contributed by atoms with E-state index in [2.05, 4.69) is 211 Å². The van der Waals surface area contributed by atoms with Gasteiger partial charge in [-0.15, -0.1) is 0 Å². The van der Waals surface area contributed by atoms with Crippen LogP contribution < -0.4 is 0 Å². The van der Waals surface area contributed by atoms with E-state index in [0.717, 1.165) is 60.9 Å². The van der Waals surface area contributed by atoms with Crippen LogP contribution in [0.5, 0.6) is 0 Å². The molecule has 0 saturated carbocycles. The maximum atomic E-state index is 6.83. The standard InChI is InChI=1S/C58H34N2O/c1-2-14-37(15-3-1)60-53-24-12-7-19-41(53)42-28-26-35(33-54(42)60)46-34-52(59-51-23-11-6-18-40(46)51)36-27-29-45-50(32-36)58(47-21-9-4-16-38(47)39-17-5-10-22-48(39)58)49-31-30-44-43-20-8-13-25-55(43)61-57(44)56(45)49/h1-34H. The van der Waals surface area contributed by atoms with Gasteiger partial charge >= 0.3 is 0 Å². The van der Waals surface area contributed by atoms with Crippen LogP contribution >= 0.6 is 0 Å². The Morgan fingerprint density at radius 3 is 1.89 bits per heavy atom. The first-order chi connectivity index (χ1) is 30.3. The van der Waals surface area contributed by atoms with E-state index in [1.54, 1.807) is 0 Å². The molecule has 0 saturated heterocycles. The summed E-state index contributed by atoms with van der Waals surface area (Å²) in [6, 6.07) is 75.3. The van der Waals surface area contributed by atoms with Crippen LogP contribution in [0.15, 0.2) is 211 Å². The Bertz CT molecular complexity index is 3790. The molecular weight excluding hydrogens is 741 g/mol. The second-order valence-electron chi connectivity index (χ2n) is 16.6. The van der Waals surface area contributed by atoms with Crippen LogP contribution in [0.2, 0.25) is 0 Å². The van der Waals surface area contributed by atoms with Crippen LogP contribution in [-0.4, -0.2) is 9.55 Å². The first-order valence-corrected chi connectivity index (χ1v) is 21.0. The van der Waals surface area contributed by atoms with Crippen molar-refractivity contribution in [2.45, 2.75) is 5.41 Å². The molecule has 0 fully saturated rings. The van der Waals surface area contributed by atoms with Crippen molar-refractivity contribution < 1.29 is 4.42 Å². The van der Waals surface area contributed by atoms with Gasteiger partial charge in [-0.25, -0.2) is 4.98 Å². The lowest BCUT2D eigenvalue weighted by atomic mass is 9.70. The first-order valence-electron chi connectivity index (χ1n) is 21.0. The Hall–Kier alpha value is -8.01. The minimum atomic E-state index is -0.531. The smallest absolute Gasteiger partial charge is 0.143 e. The highest BCUT2D eigenvalue weighted by molar-refractivity contribution is 6.14. The lowest BCUT2D eigenvalue weighted by Gasteiger charge is -2.30. The molecule has 0 N–H and O–H groups in total. The van der Waals surface area contributed by atoms with Gasteiger partial charge in [-0.2, -0.15) is 0 Å². The van der Waals surface area contributed by atoms with Gasteiger partial charge < -0.3 is 8.98 Å². The average Bonchev–Trinajstić information content (AvgIpc) is 4.05. The molecule has 0 unspecified atom stereocenters. The molecule has 282 valence electrons. The van der Waals surface area contributed by atoms with Crippen LogP contribution in [0, 0.1) is 0 Å². The van der Waals surface area contributed by atoms with E-state index >= 15 is 0 Å². The number of furan rings is 1. The molecule has 0 radical (unpaired) electrons. The molecule has 0 bridgehead atoms. The van der Waals surface area contributed by atoms with Gasteiger partial charge in [0, 0.05) is 43.7 Å². The summed E-state index contributed by atoms with van der Waals surface area (Å²) in [5.74, 6) is 0. The Balaban J connectivity index is 1.03. The number of hydrogen-bond acceptors (Lipinski definition) is 2. The molecule has 0 amide bonds. The molecule has 61 heavy (non-hydrogen) atoms. The molecule has 0 atom stereocenters. The van der Waals surface area contributed by atoms with Crippen molar-refractivity contribution in [1.82, 2.24) is 9.55 Å². The highest BCUT2D eigenvalue weighted by atomic mass is 16.3. The Morgan fingerprint density at radius 2 is 1.05 bits per heavy atom. The van der Waals surface area contributed by atoms with Crippen molar-refractivity contribution in [3.63, 3.8) is 0 Å². The summed E-state index contributed by atoms with van der Waals surface area (Å²) in [6.07, 6.45) is 0. The van der Waals surface area contributed by atoms with Crippen molar-refractivity contribution in [1.29, 1.82) is 0 Å². The third kappa shape index (κ3) is 4.29. The van der Waals surface area contributed by atoms with Crippen molar-refractivity contribution in [3.05, 3.63) is 229 Å². The summed E-state index contributed by atoms with van der Waals surface area (Å²) in [7, 11) is 0. The SMILES string of the molecule is c1ccc(-n2c3ccccc3c3ccc(-c4cc(-c5ccc6c(c5)C5(c7ccccc7-c7ccccc75)c5ccc7c(oc8ccccc87)c5-6)nc5ccccc45)cc32)cc1. The molecule has 3 heteroatoms.